The van der Waals surface area contributed by atoms with Gasteiger partial charge in [-0.25, -0.2) is 0 Å². The fourth-order valence-corrected chi connectivity index (χ4v) is 3.14. The van der Waals surface area contributed by atoms with Crippen LogP contribution in [0.4, 0.5) is 5.69 Å². The van der Waals surface area contributed by atoms with Crippen LogP contribution in [-0.4, -0.2) is 12.5 Å². The van der Waals surface area contributed by atoms with Crippen molar-refractivity contribution in [2.45, 2.75) is 40.0 Å². The van der Waals surface area contributed by atoms with Crippen molar-refractivity contribution < 1.29 is 9.53 Å². The van der Waals surface area contributed by atoms with Gasteiger partial charge in [-0.15, -0.1) is 0 Å². The average molecular weight is 390 g/mol. The van der Waals surface area contributed by atoms with E-state index in [9.17, 15) is 4.79 Å². The van der Waals surface area contributed by atoms with Crippen molar-refractivity contribution in [3.05, 3.63) is 57.6 Å². The van der Waals surface area contributed by atoms with Crippen LogP contribution in [0.3, 0.4) is 0 Å². The molecule has 128 valence electrons. The topological polar surface area (TPSA) is 38.3 Å². The number of carbonyl (C=O) groups is 1. The largest absolute Gasteiger partial charge is 0.483 e. The maximum absolute atomic E-state index is 12.3. The molecule has 24 heavy (non-hydrogen) atoms. The minimum Gasteiger partial charge on any atom is -0.483 e. The van der Waals surface area contributed by atoms with Crippen molar-refractivity contribution in [1.82, 2.24) is 0 Å². The van der Waals surface area contributed by atoms with Crippen LogP contribution in [0.5, 0.6) is 5.75 Å². The van der Waals surface area contributed by atoms with Crippen molar-refractivity contribution in [3.8, 4) is 5.75 Å². The first-order chi connectivity index (χ1) is 11.6. The maximum atomic E-state index is 12.3. The Labute approximate surface area is 152 Å². The van der Waals surface area contributed by atoms with Crippen LogP contribution >= 0.6 is 15.9 Å². The number of benzene rings is 2. The highest BCUT2D eigenvalue weighted by atomic mass is 79.9. The Hall–Kier alpha value is -1.81. The Balaban J connectivity index is 2.04. The van der Waals surface area contributed by atoms with Gasteiger partial charge in [0.15, 0.2) is 6.61 Å². The summed E-state index contributed by atoms with van der Waals surface area (Å²) in [4.78, 5) is 12.3. The molecule has 1 amide bonds. The molecular weight excluding hydrogens is 366 g/mol. The van der Waals surface area contributed by atoms with Crippen LogP contribution in [0, 0.1) is 0 Å². The molecule has 0 atom stereocenters. The third-order valence-electron chi connectivity index (χ3n) is 4.03. The van der Waals surface area contributed by atoms with Gasteiger partial charge in [-0.2, -0.15) is 0 Å². The third kappa shape index (κ3) is 4.60. The van der Waals surface area contributed by atoms with Crippen LogP contribution in [-0.2, 0) is 24.1 Å². The molecule has 0 aliphatic carbocycles. The quantitative estimate of drug-likeness (QED) is 0.710. The van der Waals surface area contributed by atoms with Gasteiger partial charge in [-0.1, -0.05) is 45.0 Å². The van der Waals surface area contributed by atoms with E-state index in [0.29, 0.717) is 5.75 Å². The average Bonchev–Trinajstić information content (AvgIpc) is 2.60. The molecular formula is C20H24BrNO2. The zero-order chi connectivity index (χ0) is 17.5. The normalized spacial score (nSPS) is 10.5. The number of hydrogen-bond donors (Lipinski definition) is 1. The molecule has 2 aromatic carbocycles. The van der Waals surface area contributed by atoms with Crippen LogP contribution in [0.25, 0.3) is 0 Å². The van der Waals surface area contributed by atoms with E-state index in [-0.39, 0.29) is 12.5 Å². The highest BCUT2D eigenvalue weighted by Gasteiger charge is 2.11. The van der Waals surface area contributed by atoms with Crippen molar-refractivity contribution in [3.63, 3.8) is 0 Å². The van der Waals surface area contributed by atoms with E-state index in [2.05, 4.69) is 54.2 Å². The SMILES string of the molecule is CCc1ccc(OCC(=O)Nc2c(CC)cccc2CC)c(Br)c1. The summed E-state index contributed by atoms with van der Waals surface area (Å²) in [5.41, 5.74) is 4.45. The van der Waals surface area contributed by atoms with Gasteiger partial charge < -0.3 is 10.1 Å². The van der Waals surface area contributed by atoms with E-state index >= 15 is 0 Å². The Morgan fingerprint density at radius 3 is 2.25 bits per heavy atom. The Morgan fingerprint density at radius 1 is 1.04 bits per heavy atom. The monoisotopic (exact) mass is 389 g/mol. The third-order valence-corrected chi connectivity index (χ3v) is 4.65. The number of hydrogen-bond acceptors (Lipinski definition) is 2. The zero-order valence-electron chi connectivity index (χ0n) is 14.5. The minimum absolute atomic E-state index is 0.00866. The van der Waals surface area contributed by atoms with Crippen molar-refractivity contribution >= 4 is 27.5 Å². The number of halogens is 1. The number of ether oxygens (including phenoxy) is 1. The first-order valence-corrected chi connectivity index (χ1v) is 9.20. The summed E-state index contributed by atoms with van der Waals surface area (Å²) in [6.45, 7) is 6.28. The number of rotatable bonds is 7. The number of para-hydroxylation sites is 1. The summed E-state index contributed by atoms with van der Waals surface area (Å²) in [5, 5.41) is 3.01. The molecule has 1 N–H and O–H groups in total. The van der Waals surface area contributed by atoms with Crippen LogP contribution in [0.2, 0.25) is 0 Å². The Kier molecular flexibility index (Phi) is 6.85. The summed E-state index contributed by atoms with van der Waals surface area (Å²) in [6, 6.07) is 12.1. The van der Waals surface area contributed by atoms with Gasteiger partial charge in [-0.05, 0) is 64.0 Å². The minimum atomic E-state index is -0.142. The van der Waals surface area contributed by atoms with Gasteiger partial charge >= 0.3 is 0 Å². The first kappa shape index (κ1) is 18.5. The number of anilines is 1. The van der Waals surface area contributed by atoms with Crippen molar-refractivity contribution in [2.24, 2.45) is 0 Å². The Bertz CT molecular complexity index is 691. The second-order valence-electron chi connectivity index (χ2n) is 5.61. The molecule has 0 bridgehead atoms. The molecule has 0 saturated heterocycles. The molecule has 0 spiro atoms. The van der Waals surface area contributed by atoms with Gasteiger partial charge in [0.2, 0.25) is 0 Å². The lowest BCUT2D eigenvalue weighted by Gasteiger charge is -2.15. The molecule has 0 aliphatic rings. The number of nitrogens with one attached hydrogen (secondary N) is 1. The van der Waals surface area contributed by atoms with E-state index in [0.717, 1.165) is 40.5 Å². The van der Waals surface area contributed by atoms with Gasteiger partial charge in [-0.3, -0.25) is 4.79 Å². The smallest absolute Gasteiger partial charge is 0.262 e. The lowest BCUT2D eigenvalue weighted by atomic mass is 10.0. The fourth-order valence-electron chi connectivity index (χ4n) is 2.60. The highest BCUT2D eigenvalue weighted by molar-refractivity contribution is 9.10. The molecule has 0 aromatic heterocycles. The van der Waals surface area contributed by atoms with E-state index < -0.39 is 0 Å². The van der Waals surface area contributed by atoms with E-state index in [1.165, 1.54) is 5.56 Å². The summed E-state index contributed by atoms with van der Waals surface area (Å²) in [5.74, 6) is 0.541. The number of amides is 1. The molecule has 0 heterocycles. The fraction of sp³-hybridized carbons (Fsp3) is 0.350. The standard InChI is InChI=1S/C20H24BrNO2/c1-4-14-10-11-18(17(21)12-14)24-13-19(23)22-20-15(5-2)8-7-9-16(20)6-3/h7-12H,4-6,13H2,1-3H3,(H,22,23). The molecule has 4 heteroatoms. The van der Waals surface area contributed by atoms with Gasteiger partial charge in [0.05, 0.1) is 4.47 Å². The molecule has 2 rings (SSSR count). The summed E-state index contributed by atoms with van der Waals surface area (Å²) in [7, 11) is 0. The first-order valence-electron chi connectivity index (χ1n) is 8.40. The van der Waals surface area contributed by atoms with E-state index in [1.54, 1.807) is 0 Å². The van der Waals surface area contributed by atoms with E-state index in [1.807, 2.05) is 24.3 Å². The van der Waals surface area contributed by atoms with E-state index in [4.69, 9.17) is 4.74 Å². The van der Waals surface area contributed by atoms with Crippen LogP contribution < -0.4 is 10.1 Å². The molecule has 0 saturated carbocycles. The molecule has 3 nitrogen and oxygen atoms in total. The number of carbonyl (C=O) groups excluding carboxylic acids is 1. The number of aryl methyl sites for hydroxylation is 3. The maximum Gasteiger partial charge on any atom is 0.262 e. The molecule has 0 fully saturated rings. The predicted octanol–water partition coefficient (Wildman–Crippen LogP) is 5.15. The van der Waals surface area contributed by atoms with Gasteiger partial charge in [0.25, 0.3) is 5.91 Å². The summed E-state index contributed by atoms with van der Waals surface area (Å²) in [6.07, 6.45) is 2.73. The van der Waals surface area contributed by atoms with Gasteiger partial charge in [0, 0.05) is 5.69 Å². The second-order valence-corrected chi connectivity index (χ2v) is 6.47. The van der Waals surface area contributed by atoms with Crippen molar-refractivity contribution in [1.29, 1.82) is 0 Å². The molecule has 2 aromatic rings. The van der Waals surface area contributed by atoms with Crippen LogP contribution in [0.1, 0.15) is 37.5 Å². The highest BCUT2D eigenvalue weighted by Crippen LogP contribution is 2.26. The molecule has 0 unspecified atom stereocenters. The van der Waals surface area contributed by atoms with Crippen molar-refractivity contribution in [2.75, 3.05) is 11.9 Å². The second kappa shape index (κ2) is 8.88. The summed E-state index contributed by atoms with van der Waals surface area (Å²) >= 11 is 3.49. The zero-order valence-corrected chi connectivity index (χ0v) is 16.1. The lowest BCUT2D eigenvalue weighted by molar-refractivity contribution is -0.118. The van der Waals surface area contributed by atoms with Crippen LogP contribution in [0.15, 0.2) is 40.9 Å². The predicted molar refractivity (Wildman–Crippen MR) is 103 cm³/mol. The van der Waals surface area contributed by atoms with Gasteiger partial charge in [0.1, 0.15) is 5.75 Å². The lowest BCUT2D eigenvalue weighted by Crippen LogP contribution is -2.22. The Morgan fingerprint density at radius 2 is 1.71 bits per heavy atom. The molecule has 0 radical (unpaired) electrons. The summed E-state index contributed by atoms with van der Waals surface area (Å²) < 4.78 is 6.53. The molecule has 0 aliphatic heterocycles.